The number of aromatic nitrogens is 5. The number of nitrogen functional groups attached to an aromatic ring is 1. The van der Waals surface area contributed by atoms with E-state index in [0.29, 0.717) is 35.4 Å². The summed E-state index contributed by atoms with van der Waals surface area (Å²) in [5.74, 6) is 1.70. The van der Waals surface area contributed by atoms with Crippen molar-refractivity contribution in [2.75, 3.05) is 12.3 Å². The number of nitrogens with two attached hydrogens (primary N) is 1. The smallest absolute Gasteiger partial charge is 0.165 e. The van der Waals surface area contributed by atoms with Crippen LogP contribution < -0.4 is 5.73 Å². The minimum absolute atomic E-state index is 0.106. The molecular formula is C31H43N7O3. The standard InChI is InChI=1S/C31H43N7O3/c1-17(2)37(15-24-27(39)28(40)30(41-24)38-16-34-26-21(32)10-11-33-29(26)38)20-12-18(13-20)6-9-25-35-22-8-7-19(31(3,4)5)14-23(22)36-25/h7-8,10-11,14,16-18,20,24,27-28,30,39-40H,6,9,12-13,15H2,1-5H3,(H2,32,33)(H,35,36)/t18?,20?,24-,27-,28-,30?/m1/s1. The van der Waals surface area contributed by atoms with Gasteiger partial charge in [-0.05, 0) is 68.2 Å². The van der Waals surface area contributed by atoms with E-state index in [4.69, 9.17) is 15.5 Å². The molecule has 5 N–H and O–H groups in total. The number of nitrogens with one attached hydrogen (secondary N) is 1. The largest absolute Gasteiger partial charge is 0.397 e. The molecule has 10 nitrogen and oxygen atoms in total. The van der Waals surface area contributed by atoms with Gasteiger partial charge in [-0.1, -0.05) is 26.8 Å². The Bertz CT molecular complexity index is 1520. The van der Waals surface area contributed by atoms with Crippen LogP contribution in [0, 0.1) is 5.92 Å². The zero-order valence-electron chi connectivity index (χ0n) is 24.7. The molecule has 1 aliphatic heterocycles. The maximum absolute atomic E-state index is 10.9. The minimum atomic E-state index is -1.09. The summed E-state index contributed by atoms with van der Waals surface area (Å²) in [6.07, 6.45) is 4.02. The monoisotopic (exact) mass is 561 g/mol. The second-order valence-electron chi connectivity index (χ2n) is 13.3. The number of pyridine rings is 1. The lowest BCUT2D eigenvalue weighted by Crippen LogP contribution is -2.52. The van der Waals surface area contributed by atoms with E-state index in [1.54, 1.807) is 23.2 Å². The van der Waals surface area contributed by atoms with Crippen LogP contribution in [-0.2, 0) is 16.6 Å². The van der Waals surface area contributed by atoms with Gasteiger partial charge in [0.2, 0.25) is 0 Å². The molecule has 0 spiro atoms. The number of aromatic amines is 1. The van der Waals surface area contributed by atoms with Gasteiger partial charge in [0.1, 0.15) is 29.7 Å². The molecule has 4 atom stereocenters. The highest BCUT2D eigenvalue weighted by molar-refractivity contribution is 5.83. The van der Waals surface area contributed by atoms with Crippen LogP contribution in [0.5, 0.6) is 0 Å². The van der Waals surface area contributed by atoms with E-state index in [-0.39, 0.29) is 11.5 Å². The molecule has 1 aliphatic carbocycles. The second-order valence-corrected chi connectivity index (χ2v) is 13.3. The van der Waals surface area contributed by atoms with Gasteiger partial charge in [0.25, 0.3) is 0 Å². The van der Waals surface area contributed by atoms with Crippen molar-refractivity contribution >= 4 is 27.9 Å². The van der Waals surface area contributed by atoms with E-state index in [2.05, 4.69) is 72.7 Å². The Morgan fingerprint density at radius 2 is 1.93 bits per heavy atom. The number of imidazole rings is 2. The van der Waals surface area contributed by atoms with Gasteiger partial charge in [-0.3, -0.25) is 9.47 Å². The van der Waals surface area contributed by atoms with Crippen LogP contribution in [0.15, 0.2) is 36.8 Å². The van der Waals surface area contributed by atoms with E-state index >= 15 is 0 Å². The van der Waals surface area contributed by atoms with Crippen molar-refractivity contribution in [3.05, 3.63) is 48.2 Å². The summed E-state index contributed by atoms with van der Waals surface area (Å²) in [4.78, 5) is 19.5. The third-order valence-electron chi connectivity index (χ3n) is 9.02. The summed E-state index contributed by atoms with van der Waals surface area (Å²) in [7, 11) is 0. The molecule has 0 amide bonds. The molecule has 2 aliphatic rings. The molecule has 220 valence electrons. The van der Waals surface area contributed by atoms with E-state index in [0.717, 1.165) is 42.5 Å². The third kappa shape index (κ3) is 5.34. The highest BCUT2D eigenvalue weighted by Gasteiger charge is 2.46. The van der Waals surface area contributed by atoms with E-state index in [9.17, 15) is 10.2 Å². The van der Waals surface area contributed by atoms with Crippen molar-refractivity contribution in [1.29, 1.82) is 0 Å². The van der Waals surface area contributed by atoms with Gasteiger partial charge in [-0.15, -0.1) is 0 Å². The van der Waals surface area contributed by atoms with E-state index in [1.807, 2.05) is 0 Å². The van der Waals surface area contributed by atoms with Gasteiger partial charge in [0, 0.05) is 31.2 Å². The molecule has 4 aromatic rings. The van der Waals surface area contributed by atoms with Crippen LogP contribution in [0.3, 0.4) is 0 Å². The Kier molecular flexibility index (Phi) is 7.30. The average Bonchev–Trinajstić information content (AvgIpc) is 3.58. The number of nitrogens with zero attached hydrogens (tertiary/aromatic N) is 5. The summed E-state index contributed by atoms with van der Waals surface area (Å²) in [5.41, 5.74) is 11.2. The molecule has 2 fully saturated rings. The fraction of sp³-hybridized carbons (Fsp3) is 0.581. The molecule has 10 heteroatoms. The highest BCUT2D eigenvalue weighted by atomic mass is 16.6. The van der Waals surface area contributed by atoms with Crippen molar-refractivity contribution in [2.45, 2.75) is 102 Å². The van der Waals surface area contributed by atoms with Gasteiger partial charge in [-0.25, -0.2) is 15.0 Å². The first-order valence-electron chi connectivity index (χ1n) is 14.8. The molecule has 1 aromatic carbocycles. The third-order valence-corrected chi connectivity index (χ3v) is 9.02. The van der Waals surface area contributed by atoms with Crippen LogP contribution in [0.25, 0.3) is 22.2 Å². The number of rotatable bonds is 8. The number of H-pyrrole nitrogens is 1. The summed E-state index contributed by atoms with van der Waals surface area (Å²) >= 11 is 0. The highest BCUT2D eigenvalue weighted by Crippen LogP contribution is 2.38. The average molecular weight is 562 g/mol. The first kappa shape index (κ1) is 28.1. The van der Waals surface area contributed by atoms with Crippen molar-refractivity contribution < 1.29 is 14.9 Å². The SMILES string of the molecule is CC(C)N(C[C@H]1OC(n2cnc3c(N)ccnc32)[C@H](O)[C@@H]1O)C1CC(CCc2nc3cc(C(C)(C)C)ccc3[nH]2)C1. The molecule has 1 unspecified atom stereocenters. The molecule has 4 heterocycles. The maximum Gasteiger partial charge on any atom is 0.165 e. The summed E-state index contributed by atoms with van der Waals surface area (Å²) in [6.45, 7) is 11.6. The molecule has 0 radical (unpaired) electrons. The fourth-order valence-electron chi connectivity index (χ4n) is 6.43. The molecule has 41 heavy (non-hydrogen) atoms. The molecule has 1 saturated carbocycles. The Morgan fingerprint density at radius 3 is 2.66 bits per heavy atom. The van der Waals surface area contributed by atoms with Crippen LogP contribution in [0.2, 0.25) is 0 Å². The van der Waals surface area contributed by atoms with Crippen molar-refractivity contribution in [3.8, 4) is 0 Å². The molecule has 1 saturated heterocycles. The number of hydrogen-bond donors (Lipinski definition) is 4. The lowest BCUT2D eigenvalue weighted by atomic mass is 9.76. The first-order valence-corrected chi connectivity index (χ1v) is 14.8. The van der Waals surface area contributed by atoms with Gasteiger partial charge >= 0.3 is 0 Å². The Morgan fingerprint density at radius 1 is 1.15 bits per heavy atom. The Labute approximate surface area is 240 Å². The van der Waals surface area contributed by atoms with E-state index < -0.39 is 24.5 Å². The molecule has 6 rings (SSSR count). The van der Waals surface area contributed by atoms with Crippen molar-refractivity contribution in [1.82, 2.24) is 29.4 Å². The quantitative estimate of drug-likeness (QED) is 0.254. The number of aliphatic hydroxyl groups is 2. The number of ether oxygens (including phenoxy) is 1. The zero-order valence-corrected chi connectivity index (χ0v) is 24.7. The van der Waals surface area contributed by atoms with Crippen LogP contribution in [0.4, 0.5) is 5.69 Å². The molecule has 3 aromatic heterocycles. The molecule has 0 bridgehead atoms. The maximum atomic E-state index is 10.9. The predicted octanol–water partition coefficient (Wildman–Crippen LogP) is 3.93. The Balaban J connectivity index is 1.06. The van der Waals surface area contributed by atoms with Gasteiger partial charge < -0.3 is 25.7 Å². The summed E-state index contributed by atoms with van der Waals surface area (Å²) in [5, 5.41) is 21.9. The Hall–Kier alpha value is -3.05. The summed E-state index contributed by atoms with van der Waals surface area (Å²) in [6, 6.07) is 8.95. The van der Waals surface area contributed by atoms with Gasteiger partial charge in [0.15, 0.2) is 11.9 Å². The van der Waals surface area contributed by atoms with Gasteiger partial charge in [0.05, 0.1) is 23.0 Å². The number of benzene rings is 1. The lowest BCUT2D eigenvalue weighted by molar-refractivity contribution is -0.0620. The fourth-order valence-corrected chi connectivity index (χ4v) is 6.43. The van der Waals surface area contributed by atoms with Crippen molar-refractivity contribution in [3.63, 3.8) is 0 Å². The van der Waals surface area contributed by atoms with E-state index in [1.165, 1.54) is 5.56 Å². The second kappa shape index (κ2) is 10.7. The van der Waals surface area contributed by atoms with Crippen LogP contribution in [0.1, 0.15) is 71.5 Å². The number of anilines is 1. The summed E-state index contributed by atoms with van der Waals surface area (Å²) < 4.78 is 7.92. The number of aliphatic hydroxyl groups excluding tert-OH is 2. The topological polar surface area (TPSA) is 138 Å². The lowest BCUT2D eigenvalue weighted by Gasteiger charge is -2.46. The van der Waals surface area contributed by atoms with Crippen LogP contribution in [-0.4, -0.2) is 76.6 Å². The zero-order chi connectivity index (χ0) is 29.1. The molecular weight excluding hydrogens is 518 g/mol. The van der Waals surface area contributed by atoms with Crippen molar-refractivity contribution in [2.24, 2.45) is 5.92 Å². The predicted molar refractivity (Wildman–Crippen MR) is 159 cm³/mol. The number of fused-ring (bicyclic) bond motifs is 2. The minimum Gasteiger partial charge on any atom is -0.397 e. The number of aryl methyl sites for hydroxylation is 1. The number of hydrogen-bond acceptors (Lipinski definition) is 8. The van der Waals surface area contributed by atoms with Gasteiger partial charge in [-0.2, -0.15) is 0 Å². The first-order chi connectivity index (χ1) is 19.5. The van der Waals surface area contributed by atoms with Crippen LogP contribution >= 0.6 is 0 Å². The normalized spacial score (nSPS) is 27.0.